The first kappa shape index (κ1) is 12.7. The summed E-state index contributed by atoms with van der Waals surface area (Å²) in [7, 11) is 1.33. The van der Waals surface area contributed by atoms with Crippen molar-refractivity contribution in [2.24, 2.45) is 0 Å². The molecule has 0 aliphatic carbocycles. The molecule has 1 aromatic rings. The van der Waals surface area contributed by atoms with Crippen molar-refractivity contribution in [1.29, 1.82) is 0 Å². The molecule has 0 radical (unpaired) electrons. The molecule has 0 aliphatic heterocycles. The maximum absolute atomic E-state index is 11.3. The topological polar surface area (TPSA) is 43.4 Å². The van der Waals surface area contributed by atoms with Gasteiger partial charge < -0.3 is 4.74 Å². The van der Waals surface area contributed by atoms with Crippen LogP contribution in [0.2, 0.25) is 0 Å². The predicted molar refractivity (Wildman–Crippen MR) is 61.8 cm³/mol. The molecule has 1 aromatic carbocycles. The molecule has 0 aliphatic rings. The van der Waals surface area contributed by atoms with Gasteiger partial charge in [-0.3, -0.25) is 4.79 Å². The Morgan fingerprint density at radius 2 is 2.00 bits per heavy atom. The van der Waals surface area contributed by atoms with Gasteiger partial charge in [-0.15, -0.1) is 11.6 Å². The van der Waals surface area contributed by atoms with Gasteiger partial charge in [-0.2, -0.15) is 0 Å². The molecule has 0 N–H and O–H groups in total. The summed E-state index contributed by atoms with van der Waals surface area (Å²) in [4.78, 5) is 22.4. The summed E-state index contributed by atoms with van der Waals surface area (Å²) in [5.74, 6) is -0.509. The average molecular weight is 241 g/mol. The van der Waals surface area contributed by atoms with E-state index < -0.39 is 11.3 Å². The van der Waals surface area contributed by atoms with E-state index in [2.05, 4.69) is 4.74 Å². The van der Waals surface area contributed by atoms with Crippen LogP contribution in [0.15, 0.2) is 18.2 Å². The lowest BCUT2D eigenvalue weighted by Crippen LogP contribution is -2.06. The first-order valence-electron chi connectivity index (χ1n) is 4.80. The number of carbonyl (C=O) groups is 2. The van der Waals surface area contributed by atoms with Gasteiger partial charge in [0.1, 0.15) is 5.38 Å². The SMILES string of the molecule is COC(=O)c1ccc(C(Cl)C(C)=O)cc1C. The molecule has 16 heavy (non-hydrogen) atoms. The molecular formula is C12H13ClO3. The fourth-order valence-electron chi connectivity index (χ4n) is 1.42. The van der Waals surface area contributed by atoms with Crippen LogP contribution in [0.5, 0.6) is 0 Å². The number of ether oxygens (including phenoxy) is 1. The number of ketones is 1. The van der Waals surface area contributed by atoms with Crippen molar-refractivity contribution in [2.45, 2.75) is 19.2 Å². The second-order valence-electron chi connectivity index (χ2n) is 3.54. The third-order valence-corrected chi connectivity index (χ3v) is 2.86. The number of methoxy groups -OCH3 is 1. The fourth-order valence-corrected chi connectivity index (χ4v) is 1.55. The number of esters is 1. The minimum absolute atomic E-state index is 0.119. The Kier molecular flexibility index (Phi) is 4.07. The summed E-state index contributed by atoms with van der Waals surface area (Å²) >= 11 is 5.91. The lowest BCUT2D eigenvalue weighted by Gasteiger charge is -2.09. The van der Waals surface area contributed by atoms with Crippen molar-refractivity contribution in [1.82, 2.24) is 0 Å². The van der Waals surface area contributed by atoms with Gasteiger partial charge in [0.25, 0.3) is 0 Å². The van der Waals surface area contributed by atoms with Crippen molar-refractivity contribution >= 4 is 23.4 Å². The van der Waals surface area contributed by atoms with E-state index in [-0.39, 0.29) is 5.78 Å². The summed E-state index contributed by atoms with van der Waals surface area (Å²) in [6.07, 6.45) is 0. The number of Topliss-reactive ketones (excluding diaryl/α,β-unsaturated/α-hetero) is 1. The van der Waals surface area contributed by atoms with Crippen molar-refractivity contribution in [2.75, 3.05) is 7.11 Å². The van der Waals surface area contributed by atoms with Crippen LogP contribution in [0.25, 0.3) is 0 Å². The summed E-state index contributed by atoms with van der Waals surface area (Å²) in [5, 5.41) is -0.662. The lowest BCUT2D eigenvalue weighted by atomic mass is 10.0. The van der Waals surface area contributed by atoms with Gasteiger partial charge >= 0.3 is 5.97 Å². The van der Waals surface area contributed by atoms with Gasteiger partial charge in [0.2, 0.25) is 0 Å². The van der Waals surface area contributed by atoms with E-state index in [4.69, 9.17) is 11.6 Å². The molecule has 0 amide bonds. The third-order valence-electron chi connectivity index (χ3n) is 2.31. The Balaban J connectivity index is 3.08. The van der Waals surface area contributed by atoms with Gasteiger partial charge in [-0.25, -0.2) is 4.79 Å². The van der Waals surface area contributed by atoms with Crippen LogP contribution in [0, 0.1) is 6.92 Å². The van der Waals surface area contributed by atoms with E-state index in [9.17, 15) is 9.59 Å². The zero-order chi connectivity index (χ0) is 12.3. The molecule has 0 saturated heterocycles. The quantitative estimate of drug-likeness (QED) is 0.603. The van der Waals surface area contributed by atoms with E-state index in [1.807, 2.05) is 0 Å². The maximum Gasteiger partial charge on any atom is 0.338 e. The van der Waals surface area contributed by atoms with Crippen LogP contribution in [0.4, 0.5) is 0 Å². The molecule has 0 heterocycles. The molecule has 0 saturated carbocycles. The summed E-state index contributed by atoms with van der Waals surface area (Å²) in [5.41, 5.74) is 1.93. The van der Waals surface area contributed by atoms with Gasteiger partial charge in [-0.1, -0.05) is 12.1 Å². The first-order chi connectivity index (χ1) is 7.47. The van der Waals surface area contributed by atoms with Crippen LogP contribution >= 0.6 is 11.6 Å². The number of rotatable bonds is 3. The van der Waals surface area contributed by atoms with Crippen molar-refractivity contribution in [3.8, 4) is 0 Å². The second kappa shape index (κ2) is 5.12. The number of carbonyl (C=O) groups excluding carboxylic acids is 2. The van der Waals surface area contributed by atoms with Gasteiger partial charge in [0.15, 0.2) is 5.78 Å². The minimum atomic E-state index is -0.662. The lowest BCUT2D eigenvalue weighted by molar-refractivity contribution is -0.116. The summed E-state index contributed by atoms with van der Waals surface area (Å²) in [6, 6.07) is 5.01. The van der Waals surface area contributed by atoms with Gasteiger partial charge in [-0.05, 0) is 31.0 Å². The van der Waals surface area contributed by atoms with E-state index in [0.717, 1.165) is 5.56 Å². The predicted octanol–water partition coefficient (Wildman–Crippen LogP) is 2.65. The summed E-state index contributed by atoms with van der Waals surface area (Å²) in [6.45, 7) is 3.21. The van der Waals surface area contributed by atoms with Gasteiger partial charge in [0, 0.05) is 0 Å². The number of benzene rings is 1. The first-order valence-corrected chi connectivity index (χ1v) is 5.24. The summed E-state index contributed by atoms with van der Waals surface area (Å²) < 4.78 is 4.63. The Hall–Kier alpha value is -1.35. The fraction of sp³-hybridized carbons (Fsp3) is 0.333. The zero-order valence-electron chi connectivity index (χ0n) is 9.41. The smallest absolute Gasteiger partial charge is 0.338 e. The van der Waals surface area contributed by atoms with Crippen LogP contribution in [-0.2, 0) is 9.53 Å². The Morgan fingerprint density at radius 1 is 1.38 bits per heavy atom. The highest BCUT2D eigenvalue weighted by Gasteiger charge is 2.16. The van der Waals surface area contributed by atoms with Crippen LogP contribution in [-0.4, -0.2) is 18.9 Å². The maximum atomic E-state index is 11.3. The number of aryl methyl sites for hydroxylation is 1. The Morgan fingerprint density at radius 3 is 2.44 bits per heavy atom. The molecule has 1 rings (SSSR count). The van der Waals surface area contributed by atoms with E-state index >= 15 is 0 Å². The molecular weight excluding hydrogens is 228 g/mol. The number of hydrogen-bond acceptors (Lipinski definition) is 3. The number of hydrogen-bond donors (Lipinski definition) is 0. The molecule has 0 spiro atoms. The largest absolute Gasteiger partial charge is 0.465 e. The van der Waals surface area contributed by atoms with Crippen molar-refractivity contribution in [3.63, 3.8) is 0 Å². The molecule has 0 fully saturated rings. The standard InChI is InChI=1S/C12H13ClO3/c1-7-6-9(11(13)8(2)14)4-5-10(7)12(15)16-3/h4-6,11H,1-3H3. The van der Waals surface area contributed by atoms with Crippen LogP contribution < -0.4 is 0 Å². The zero-order valence-corrected chi connectivity index (χ0v) is 10.2. The van der Waals surface area contributed by atoms with E-state index in [1.54, 1.807) is 25.1 Å². The monoisotopic (exact) mass is 240 g/mol. The van der Waals surface area contributed by atoms with Crippen LogP contribution in [0.3, 0.4) is 0 Å². The van der Waals surface area contributed by atoms with Crippen molar-refractivity contribution < 1.29 is 14.3 Å². The normalized spacial score (nSPS) is 12.0. The highest BCUT2D eigenvalue weighted by atomic mass is 35.5. The minimum Gasteiger partial charge on any atom is -0.465 e. The molecule has 3 nitrogen and oxygen atoms in total. The second-order valence-corrected chi connectivity index (χ2v) is 3.98. The molecule has 1 unspecified atom stereocenters. The van der Waals surface area contributed by atoms with E-state index in [0.29, 0.717) is 11.1 Å². The number of alkyl halides is 1. The third kappa shape index (κ3) is 2.61. The number of halogens is 1. The molecule has 86 valence electrons. The van der Waals surface area contributed by atoms with Gasteiger partial charge in [0.05, 0.1) is 12.7 Å². The Bertz CT molecular complexity index is 426. The highest BCUT2D eigenvalue weighted by Crippen LogP contribution is 2.23. The molecule has 1 atom stereocenters. The molecule has 4 heteroatoms. The van der Waals surface area contributed by atoms with E-state index in [1.165, 1.54) is 14.0 Å². The highest BCUT2D eigenvalue weighted by molar-refractivity contribution is 6.30. The Labute approximate surface area is 99.4 Å². The molecule has 0 bridgehead atoms. The average Bonchev–Trinajstić information content (AvgIpc) is 2.26. The van der Waals surface area contributed by atoms with Crippen molar-refractivity contribution in [3.05, 3.63) is 34.9 Å². The van der Waals surface area contributed by atoms with Crippen LogP contribution in [0.1, 0.15) is 33.8 Å². The molecule has 0 aromatic heterocycles.